The van der Waals surface area contributed by atoms with Gasteiger partial charge in [-0.1, -0.05) is 30.1 Å². The number of nitrogens with one attached hydrogen (secondary N) is 1. The van der Waals surface area contributed by atoms with Crippen LogP contribution in [0.25, 0.3) is 0 Å². The van der Waals surface area contributed by atoms with Crippen molar-refractivity contribution in [1.29, 1.82) is 0 Å². The van der Waals surface area contributed by atoms with Crippen molar-refractivity contribution in [2.24, 2.45) is 5.92 Å². The van der Waals surface area contributed by atoms with E-state index in [1.165, 1.54) is 0 Å². The van der Waals surface area contributed by atoms with Crippen LogP contribution in [0.15, 0.2) is 12.1 Å². The number of hydrogen-bond acceptors (Lipinski definition) is 2. The van der Waals surface area contributed by atoms with E-state index in [-0.39, 0.29) is 18.4 Å². The molecular formula is C13H16Cl2INO2. The van der Waals surface area contributed by atoms with Gasteiger partial charge < -0.3 is 10.4 Å². The second-order valence-corrected chi connectivity index (χ2v) is 6.36. The molecule has 0 radical (unpaired) electrons. The molecule has 1 rings (SSSR count). The second-order valence-electron chi connectivity index (χ2n) is 4.44. The molecular weight excluding hydrogens is 400 g/mol. The maximum atomic E-state index is 12.0. The van der Waals surface area contributed by atoms with Crippen molar-refractivity contribution in [2.75, 3.05) is 13.2 Å². The fourth-order valence-electron chi connectivity index (χ4n) is 1.56. The Kier molecular flexibility index (Phi) is 7.42. The number of benzene rings is 1. The van der Waals surface area contributed by atoms with E-state index in [2.05, 4.69) is 5.32 Å². The molecule has 0 heterocycles. The van der Waals surface area contributed by atoms with E-state index in [1.54, 1.807) is 12.1 Å². The van der Waals surface area contributed by atoms with E-state index >= 15 is 0 Å². The van der Waals surface area contributed by atoms with Crippen LogP contribution in [0.4, 0.5) is 0 Å². The zero-order valence-corrected chi connectivity index (χ0v) is 14.2. The molecule has 0 bridgehead atoms. The monoisotopic (exact) mass is 415 g/mol. The topological polar surface area (TPSA) is 49.3 Å². The Balaban J connectivity index is 2.55. The van der Waals surface area contributed by atoms with E-state index in [0.29, 0.717) is 25.7 Å². The summed E-state index contributed by atoms with van der Waals surface area (Å²) in [6.45, 7) is 2.72. The highest BCUT2D eigenvalue weighted by Crippen LogP contribution is 2.26. The molecule has 1 atom stereocenters. The van der Waals surface area contributed by atoms with Gasteiger partial charge in [0.05, 0.1) is 10.6 Å². The third kappa shape index (κ3) is 5.45. The van der Waals surface area contributed by atoms with Gasteiger partial charge in [-0.15, -0.1) is 0 Å². The molecule has 0 spiro atoms. The van der Waals surface area contributed by atoms with Crippen LogP contribution < -0.4 is 5.32 Å². The molecule has 106 valence electrons. The molecule has 1 unspecified atom stereocenters. The van der Waals surface area contributed by atoms with Gasteiger partial charge in [0.15, 0.2) is 0 Å². The van der Waals surface area contributed by atoms with Crippen LogP contribution in [-0.4, -0.2) is 24.2 Å². The predicted octanol–water partition coefficient (Wildman–Crippen LogP) is 3.74. The molecule has 19 heavy (non-hydrogen) atoms. The summed E-state index contributed by atoms with van der Waals surface area (Å²) >= 11 is 13.9. The number of carbonyl (C=O) groups is 1. The molecule has 0 aliphatic carbocycles. The number of carbonyl (C=O) groups excluding carboxylic acids is 1. The second kappa shape index (κ2) is 8.29. The van der Waals surface area contributed by atoms with E-state index in [1.807, 2.05) is 29.5 Å². The maximum absolute atomic E-state index is 12.0. The van der Waals surface area contributed by atoms with Crippen LogP contribution in [0, 0.1) is 9.49 Å². The minimum absolute atomic E-state index is 0.176. The molecule has 0 saturated heterocycles. The van der Waals surface area contributed by atoms with Crippen molar-refractivity contribution >= 4 is 51.7 Å². The Hall–Kier alpha value is -0.0400. The lowest BCUT2D eigenvalue weighted by Gasteiger charge is -2.10. The fraction of sp³-hybridized carbons (Fsp3) is 0.462. The average Bonchev–Trinajstić information content (AvgIpc) is 2.38. The van der Waals surface area contributed by atoms with Crippen LogP contribution >= 0.6 is 45.8 Å². The van der Waals surface area contributed by atoms with E-state index < -0.39 is 0 Å². The van der Waals surface area contributed by atoms with Crippen molar-refractivity contribution in [3.8, 4) is 0 Å². The highest BCUT2D eigenvalue weighted by molar-refractivity contribution is 14.1. The third-order valence-electron chi connectivity index (χ3n) is 2.71. The fourth-order valence-corrected chi connectivity index (χ4v) is 2.61. The summed E-state index contributed by atoms with van der Waals surface area (Å²) in [5.41, 5.74) is 0.494. The van der Waals surface area contributed by atoms with Gasteiger partial charge >= 0.3 is 0 Å². The van der Waals surface area contributed by atoms with Crippen molar-refractivity contribution < 1.29 is 9.90 Å². The Bertz CT molecular complexity index is 455. The molecule has 1 amide bonds. The van der Waals surface area contributed by atoms with Crippen LogP contribution in [0.5, 0.6) is 0 Å². The summed E-state index contributed by atoms with van der Waals surface area (Å²) in [5.74, 6) is 0.0862. The van der Waals surface area contributed by atoms with Gasteiger partial charge in [-0.3, -0.25) is 4.79 Å². The quantitative estimate of drug-likeness (QED) is 0.422. The molecule has 3 nitrogen and oxygen atoms in total. The van der Waals surface area contributed by atoms with Crippen LogP contribution in [0.2, 0.25) is 10.0 Å². The SMILES string of the molecule is CC(CO)CCCNC(=O)c1cc(Cl)cc(Cl)c1I. The van der Waals surface area contributed by atoms with Crippen LogP contribution in [0.3, 0.4) is 0 Å². The lowest BCUT2D eigenvalue weighted by molar-refractivity contribution is 0.0951. The molecule has 2 N–H and O–H groups in total. The Morgan fingerprint density at radius 3 is 2.79 bits per heavy atom. The summed E-state index contributed by atoms with van der Waals surface area (Å²) in [7, 11) is 0. The first-order valence-corrected chi connectivity index (χ1v) is 7.82. The van der Waals surface area contributed by atoms with Crippen molar-refractivity contribution in [2.45, 2.75) is 19.8 Å². The minimum atomic E-state index is -0.176. The van der Waals surface area contributed by atoms with Gasteiger partial charge in [-0.05, 0) is 53.5 Å². The van der Waals surface area contributed by atoms with Gasteiger partial charge in [0.1, 0.15) is 0 Å². The zero-order valence-electron chi connectivity index (χ0n) is 10.5. The highest BCUT2D eigenvalue weighted by Gasteiger charge is 2.13. The minimum Gasteiger partial charge on any atom is -0.396 e. The lowest BCUT2D eigenvalue weighted by Crippen LogP contribution is -2.25. The van der Waals surface area contributed by atoms with E-state index in [9.17, 15) is 4.79 Å². The molecule has 1 aromatic carbocycles. The highest BCUT2D eigenvalue weighted by atomic mass is 127. The van der Waals surface area contributed by atoms with E-state index in [0.717, 1.165) is 12.8 Å². The summed E-state index contributed by atoms with van der Waals surface area (Å²) in [4.78, 5) is 12.0. The third-order valence-corrected chi connectivity index (χ3v) is 4.71. The smallest absolute Gasteiger partial charge is 0.252 e. The van der Waals surface area contributed by atoms with Gasteiger partial charge in [0, 0.05) is 21.7 Å². The Morgan fingerprint density at radius 1 is 1.47 bits per heavy atom. The largest absolute Gasteiger partial charge is 0.396 e. The lowest BCUT2D eigenvalue weighted by atomic mass is 10.1. The maximum Gasteiger partial charge on any atom is 0.252 e. The van der Waals surface area contributed by atoms with E-state index in [4.69, 9.17) is 28.3 Å². The zero-order chi connectivity index (χ0) is 14.4. The average molecular weight is 416 g/mol. The summed E-state index contributed by atoms with van der Waals surface area (Å²) in [6, 6.07) is 3.23. The first-order valence-electron chi connectivity index (χ1n) is 5.99. The number of aliphatic hydroxyl groups excluding tert-OH is 1. The normalized spacial score (nSPS) is 12.3. The molecule has 0 aromatic heterocycles. The molecule has 0 saturated carbocycles. The van der Waals surface area contributed by atoms with Gasteiger partial charge in [-0.25, -0.2) is 0 Å². The van der Waals surface area contributed by atoms with Crippen LogP contribution in [0.1, 0.15) is 30.1 Å². The molecule has 0 aliphatic rings. The Labute approximate surface area is 136 Å². The summed E-state index contributed by atoms with van der Waals surface area (Å²) in [5, 5.41) is 12.7. The van der Waals surface area contributed by atoms with Gasteiger partial charge in [0.25, 0.3) is 5.91 Å². The summed E-state index contributed by atoms with van der Waals surface area (Å²) in [6.07, 6.45) is 1.71. The standard InChI is InChI=1S/C13H16Cl2INO2/c1-8(7-18)3-2-4-17-13(19)10-5-9(14)6-11(15)12(10)16/h5-6,8,18H,2-4,7H2,1H3,(H,17,19). The first kappa shape index (κ1) is 17.0. The van der Waals surface area contributed by atoms with Gasteiger partial charge in [-0.2, -0.15) is 0 Å². The molecule has 1 aromatic rings. The predicted molar refractivity (Wildman–Crippen MR) is 87.0 cm³/mol. The molecule has 0 aliphatic heterocycles. The number of rotatable bonds is 6. The van der Waals surface area contributed by atoms with Crippen molar-refractivity contribution in [1.82, 2.24) is 5.32 Å². The van der Waals surface area contributed by atoms with Crippen LogP contribution in [-0.2, 0) is 0 Å². The summed E-state index contributed by atoms with van der Waals surface area (Å²) < 4.78 is 0.699. The molecule has 0 fully saturated rings. The first-order chi connectivity index (χ1) is 8.95. The number of amides is 1. The number of halogens is 3. The molecule has 6 heteroatoms. The number of hydrogen-bond donors (Lipinski definition) is 2. The Morgan fingerprint density at radius 2 is 2.16 bits per heavy atom. The van der Waals surface area contributed by atoms with Crippen molar-refractivity contribution in [3.63, 3.8) is 0 Å². The van der Waals surface area contributed by atoms with Crippen molar-refractivity contribution in [3.05, 3.63) is 31.3 Å². The number of aliphatic hydroxyl groups is 1. The van der Waals surface area contributed by atoms with Gasteiger partial charge in [0.2, 0.25) is 0 Å².